The molecule has 2 N–H and O–H groups in total. The second-order valence-corrected chi connectivity index (χ2v) is 15.8. The number of nitrogens with one attached hydrogen (secondary N) is 1. The number of ether oxygens (including phenoxy) is 1. The van der Waals surface area contributed by atoms with E-state index in [1.807, 2.05) is 0 Å². The van der Waals surface area contributed by atoms with E-state index in [1.54, 1.807) is 12.2 Å². The zero-order chi connectivity index (χ0) is 46.1. The van der Waals surface area contributed by atoms with Crippen molar-refractivity contribution in [1.29, 1.82) is 0 Å². The molecule has 0 saturated heterocycles. The summed E-state index contributed by atoms with van der Waals surface area (Å²) >= 11 is 0. The Morgan fingerprint density at radius 3 is 1.31 bits per heavy atom. The van der Waals surface area contributed by atoms with Gasteiger partial charge >= 0.3 is 5.97 Å². The van der Waals surface area contributed by atoms with Gasteiger partial charge in [0.2, 0.25) is 5.91 Å². The monoisotopic (exact) mass is 867 g/mol. The van der Waals surface area contributed by atoms with Crippen LogP contribution in [0.15, 0.2) is 35.8 Å². The fourth-order valence-electron chi connectivity index (χ4n) is 6.56. The van der Waals surface area contributed by atoms with Crippen LogP contribution in [-0.4, -0.2) is 81.4 Å². The van der Waals surface area contributed by atoms with Gasteiger partial charge < -0.3 is 15.2 Å². The van der Waals surface area contributed by atoms with Gasteiger partial charge in [-0.1, -0.05) is 96.1 Å². The maximum atomic E-state index is 12.2. The van der Waals surface area contributed by atoms with Crippen LogP contribution in [0.1, 0.15) is 180 Å². The second kappa shape index (κ2) is 33.3. The third-order valence-corrected chi connectivity index (χ3v) is 9.77. The molecule has 15 nitrogen and oxygen atoms in total. The predicted octanol–water partition coefficient (Wildman–Crippen LogP) is 6.79. The summed E-state index contributed by atoms with van der Waals surface area (Å²) in [6.07, 6.45) is 16.0. The molecule has 0 saturated carbocycles. The largest absolute Gasteiger partial charge is 0.510 e. The Bertz CT molecular complexity index is 1700. The molecule has 0 aromatic carbocycles. The number of hydrogen-bond acceptors (Lipinski definition) is 14. The van der Waals surface area contributed by atoms with E-state index in [9.17, 15) is 62.6 Å². The quantitative estimate of drug-likeness (QED) is 0.0213. The van der Waals surface area contributed by atoms with Crippen LogP contribution in [0.2, 0.25) is 0 Å². The SMILES string of the molecule is CCCCCCCCCCCCCCCC(=O)CC(=O)CC(=O)CC(=O)CC(=O)CC(=O)CC(=O)CC(=O)CC(=O)CC/C=C/CCOC(=O)/C=C/C(=O)NC1=C(O)CCC1=O. The highest BCUT2D eigenvalue weighted by Gasteiger charge is 2.24. The Morgan fingerprint density at radius 1 is 0.500 bits per heavy atom. The summed E-state index contributed by atoms with van der Waals surface area (Å²) in [5.74, 6) is -8.22. The van der Waals surface area contributed by atoms with Gasteiger partial charge in [-0.2, -0.15) is 0 Å². The lowest BCUT2D eigenvalue weighted by Crippen LogP contribution is -2.24. The van der Waals surface area contributed by atoms with Crippen LogP contribution in [0.4, 0.5) is 0 Å². The van der Waals surface area contributed by atoms with Gasteiger partial charge in [0.05, 0.1) is 58.0 Å². The Balaban J connectivity index is 2.14. The Kier molecular flexibility index (Phi) is 29.4. The molecule has 0 radical (unpaired) electrons. The number of aliphatic hydroxyl groups excluding tert-OH is 1. The normalized spacial score (nSPS) is 12.5. The molecule has 342 valence electrons. The molecule has 0 aliphatic heterocycles. The number of unbranched alkanes of at least 4 members (excludes halogenated alkanes) is 12. The smallest absolute Gasteiger partial charge is 0.330 e. The zero-order valence-electron chi connectivity index (χ0n) is 36.4. The van der Waals surface area contributed by atoms with Crippen LogP contribution in [0.3, 0.4) is 0 Å². The van der Waals surface area contributed by atoms with E-state index in [-0.39, 0.29) is 68.8 Å². The Hall–Kier alpha value is -5.34. The van der Waals surface area contributed by atoms with Crippen LogP contribution >= 0.6 is 0 Å². The first-order valence-electron chi connectivity index (χ1n) is 22.0. The molecule has 0 bridgehead atoms. The lowest BCUT2D eigenvalue weighted by molar-refractivity contribution is -0.138. The Morgan fingerprint density at radius 2 is 0.887 bits per heavy atom. The van der Waals surface area contributed by atoms with Crippen LogP contribution in [0.25, 0.3) is 0 Å². The summed E-state index contributed by atoms with van der Waals surface area (Å²) in [7, 11) is 0. The van der Waals surface area contributed by atoms with Crippen molar-refractivity contribution in [2.45, 2.75) is 180 Å². The van der Waals surface area contributed by atoms with Crippen molar-refractivity contribution in [3.8, 4) is 0 Å². The van der Waals surface area contributed by atoms with Crippen molar-refractivity contribution in [2.75, 3.05) is 6.61 Å². The van der Waals surface area contributed by atoms with Gasteiger partial charge in [-0.15, -0.1) is 0 Å². The maximum absolute atomic E-state index is 12.2. The van der Waals surface area contributed by atoms with Crippen molar-refractivity contribution < 1.29 is 67.4 Å². The van der Waals surface area contributed by atoms with Gasteiger partial charge in [0.1, 0.15) is 63.5 Å². The molecule has 0 aromatic heterocycles. The van der Waals surface area contributed by atoms with Crippen LogP contribution in [-0.2, 0) is 62.3 Å². The molecule has 0 unspecified atom stereocenters. The third kappa shape index (κ3) is 29.0. The first-order chi connectivity index (χ1) is 29.6. The van der Waals surface area contributed by atoms with E-state index in [1.165, 1.54) is 57.8 Å². The summed E-state index contributed by atoms with van der Waals surface area (Å²) in [6, 6.07) is 0. The molecule has 0 spiro atoms. The lowest BCUT2D eigenvalue weighted by atomic mass is 9.98. The van der Waals surface area contributed by atoms with Crippen molar-refractivity contribution in [2.24, 2.45) is 0 Å². The second-order valence-electron chi connectivity index (χ2n) is 15.8. The topological polar surface area (TPSA) is 246 Å². The van der Waals surface area contributed by atoms with E-state index in [0.717, 1.165) is 31.4 Å². The molecule has 62 heavy (non-hydrogen) atoms. The van der Waals surface area contributed by atoms with Crippen molar-refractivity contribution >= 4 is 69.7 Å². The van der Waals surface area contributed by atoms with Gasteiger partial charge in [0.15, 0.2) is 5.78 Å². The molecular weight excluding hydrogens is 803 g/mol. The number of carbonyl (C=O) groups is 12. The highest BCUT2D eigenvalue weighted by molar-refractivity contribution is 6.17. The average molecular weight is 868 g/mol. The summed E-state index contributed by atoms with van der Waals surface area (Å²) in [6.45, 7) is 2.18. The zero-order valence-corrected chi connectivity index (χ0v) is 36.4. The third-order valence-electron chi connectivity index (χ3n) is 9.77. The van der Waals surface area contributed by atoms with Crippen LogP contribution in [0.5, 0.6) is 0 Å². The van der Waals surface area contributed by atoms with E-state index in [2.05, 4.69) is 12.2 Å². The fourth-order valence-corrected chi connectivity index (χ4v) is 6.56. The molecule has 1 aliphatic rings. The van der Waals surface area contributed by atoms with E-state index < -0.39 is 109 Å². The lowest BCUT2D eigenvalue weighted by Gasteiger charge is -2.04. The van der Waals surface area contributed by atoms with Crippen molar-refractivity contribution in [1.82, 2.24) is 5.32 Å². The summed E-state index contributed by atoms with van der Waals surface area (Å²) in [5.41, 5.74) is -0.194. The average Bonchev–Trinajstić information content (AvgIpc) is 3.49. The molecule has 1 amide bonds. The van der Waals surface area contributed by atoms with Gasteiger partial charge in [0.25, 0.3) is 0 Å². The number of hydrogen-bond donors (Lipinski definition) is 2. The molecule has 15 heteroatoms. The minimum absolute atomic E-state index is 0.0155. The number of Topliss-reactive ketones (excluding diaryl/α,β-unsaturated/α-hetero) is 10. The molecule has 0 heterocycles. The highest BCUT2D eigenvalue weighted by atomic mass is 16.5. The first-order valence-corrected chi connectivity index (χ1v) is 22.0. The number of amides is 1. The van der Waals surface area contributed by atoms with Crippen LogP contribution in [0, 0.1) is 0 Å². The first kappa shape index (κ1) is 54.7. The summed E-state index contributed by atoms with van der Waals surface area (Å²) in [5, 5.41) is 11.8. The number of esters is 1. The molecular formula is C47H65NO14. The molecule has 1 rings (SSSR count). The highest BCUT2D eigenvalue weighted by Crippen LogP contribution is 2.18. The van der Waals surface area contributed by atoms with Gasteiger partial charge in [0, 0.05) is 37.8 Å². The van der Waals surface area contributed by atoms with E-state index in [0.29, 0.717) is 6.42 Å². The number of ketones is 10. The molecule has 1 aliphatic carbocycles. The minimum atomic E-state index is -0.830. The van der Waals surface area contributed by atoms with Crippen LogP contribution < -0.4 is 5.32 Å². The number of carbonyl (C=O) groups excluding carboxylic acids is 12. The number of aliphatic hydroxyl groups is 1. The van der Waals surface area contributed by atoms with Crippen molar-refractivity contribution in [3.05, 3.63) is 35.8 Å². The van der Waals surface area contributed by atoms with Gasteiger partial charge in [-0.05, 0) is 19.3 Å². The maximum Gasteiger partial charge on any atom is 0.330 e. The minimum Gasteiger partial charge on any atom is -0.510 e. The van der Waals surface area contributed by atoms with Gasteiger partial charge in [-0.3, -0.25) is 52.7 Å². The van der Waals surface area contributed by atoms with Crippen molar-refractivity contribution in [3.63, 3.8) is 0 Å². The Labute approximate surface area is 364 Å². The predicted molar refractivity (Wildman–Crippen MR) is 227 cm³/mol. The molecule has 0 atom stereocenters. The molecule has 0 aromatic rings. The number of allylic oxidation sites excluding steroid dienone is 3. The standard InChI is InChI=1S/C47H65NO14/c1-2-3-4-5-6-7-8-9-10-11-12-13-16-19-34(49)26-36(51)28-38(53)30-40(55)32-42(57)33-41(56)31-39(54)29-37(52)27-35(50)20-17-14-15-18-25-62-46(61)24-23-45(60)48-47-43(58)21-22-44(47)59/h14-15,23-24,58H,2-13,16-22,25-33H2,1H3,(H,48,60)/b15-14+,24-23+. The molecule has 0 fully saturated rings. The van der Waals surface area contributed by atoms with E-state index >= 15 is 0 Å². The van der Waals surface area contributed by atoms with Gasteiger partial charge in [-0.25, -0.2) is 4.79 Å². The summed E-state index contributed by atoms with van der Waals surface area (Å²) in [4.78, 5) is 145. The number of rotatable bonds is 39. The van der Waals surface area contributed by atoms with E-state index in [4.69, 9.17) is 4.74 Å². The summed E-state index contributed by atoms with van der Waals surface area (Å²) < 4.78 is 4.93. The fraction of sp³-hybridized carbons (Fsp3) is 0.617.